The van der Waals surface area contributed by atoms with E-state index in [2.05, 4.69) is 28.2 Å². The van der Waals surface area contributed by atoms with Crippen molar-refractivity contribution in [1.82, 2.24) is 19.8 Å². The number of nitrogens with one attached hydrogen (secondary N) is 1. The summed E-state index contributed by atoms with van der Waals surface area (Å²) in [6, 6.07) is 7.25. The van der Waals surface area contributed by atoms with Crippen LogP contribution in [0.3, 0.4) is 0 Å². The van der Waals surface area contributed by atoms with Gasteiger partial charge >= 0.3 is 0 Å². The Bertz CT molecular complexity index is 1010. The van der Waals surface area contributed by atoms with Crippen LogP contribution in [0.2, 0.25) is 0 Å². The van der Waals surface area contributed by atoms with Gasteiger partial charge in [0.1, 0.15) is 12.4 Å². The number of fused-ring (bicyclic) bond motifs is 2. The van der Waals surface area contributed by atoms with Crippen LogP contribution in [-0.4, -0.2) is 58.6 Å². The Hall–Kier alpha value is -2.41. The maximum Gasteiger partial charge on any atom is 0.261 e. The number of likely N-dealkylation sites (tertiary alicyclic amines) is 1. The molecule has 1 N–H and O–H groups in total. The summed E-state index contributed by atoms with van der Waals surface area (Å²) < 4.78 is 1.59. The summed E-state index contributed by atoms with van der Waals surface area (Å²) in [5.41, 5.74) is 1.72. The van der Waals surface area contributed by atoms with E-state index in [4.69, 9.17) is 4.98 Å². The molecule has 3 heterocycles. The molecule has 5 rings (SSSR count). The second kappa shape index (κ2) is 6.30. The van der Waals surface area contributed by atoms with Crippen molar-refractivity contribution < 1.29 is 4.79 Å². The quantitative estimate of drug-likeness (QED) is 0.845. The highest BCUT2D eigenvalue weighted by Crippen LogP contribution is 2.40. The predicted octanol–water partition coefficient (Wildman–Crippen LogP) is 1.30. The van der Waals surface area contributed by atoms with E-state index in [0.717, 1.165) is 43.0 Å². The molecule has 2 atom stereocenters. The van der Waals surface area contributed by atoms with E-state index >= 15 is 0 Å². The SMILES string of the molecule is CC(C)NC(=O)Cn1c(C2CC2)nc2ccc(N3C[C@@H]4C3CN4C)cc2c1=O. The number of carbonyl (C=O) groups is 1. The zero-order chi connectivity index (χ0) is 19.6. The highest BCUT2D eigenvalue weighted by molar-refractivity contribution is 5.83. The monoisotopic (exact) mass is 381 g/mol. The number of benzene rings is 1. The molecule has 148 valence electrons. The van der Waals surface area contributed by atoms with Gasteiger partial charge in [0.15, 0.2) is 0 Å². The fourth-order valence-corrected chi connectivity index (χ4v) is 4.49. The number of aromatic nitrogens is 2. The minimum atomic E-state index is -0.139. The molecular weight excluding hydrogens is 354 g/mol. The molecular formula is C21H27N5O2. The summed E-state index contributed by atoms with van der Waals surface area (Å²) in [6.07, 6.45) is 2.07. The third-order valence-electron chi connectivity index (χ3n) is 6.26. The highest BCUT2D eigenvalue weighted by atomic mass is 16.2. The van der Waals surface area contributed by atoms with Gasteiger partial charge in [0.05, 0.1) is 16.9 Å². The van der Waals surface area contributed by atoms with E-state index in [1.807, 2.05) is 26.0 Å². The normalized spacial score (nSPS) is 24.1. The Morgan fingerprint density at radius 3 is 2.64 bits per heavy atom. The van der Waals surface area contributed by atoms with Crippen molar-refractivity contribution in [2.75, 3.05) is 25.0 Å². The first-order chi connectivity index (χ1) is 13.4. The number of nitrogens with zero attached hydrogens (tertiary/aromatic N) is 4. The number of hydrogen-bond acceptors (Lipinski definition) is 5. The van der Waals surface area contributed by atoms with Gasteiger partial charge in [-0.25, -0.2) is 4.98 Å². The summed E-state index contributed by atoms with van der Waals surface area (Å²) in [4.78, 5) is 35.2. The van der Waals surface area contributed by atoms with Gasteiger partial charge in [0.25, 0.3) is 5.56 Å². The fraction of sp³-hybridized carbons (Fsp3) is 0.571. The number of piperazine rings is 1. The lowest BCUT2D eigenvalue weighted by Crippen LogP contribution is -2.78. The minimum absolute atomic E-state index is 0.0369. The number of likely N-dealkylation sites (N-methyl/N-ethyl adjacent to an activating group) is 1. The third-order valence-corrected chi connectivity index (χ3v) is 6.26. The molecule has 7 nitrogen and oxygen atoms in total. The highest BCUT2D eigenvalue weighted by Gasteiger charge is 2.49. The molecule has 3 aliphatic rings. The first-order valence-electron chi connectivity index (χ1n) is 10.2. The molecule has 1 saturated carbocycles. The van der Waals surface area contributed by atoms with Crippen LogP contribution >= 0.6 is 0 Å². The molecule has 1 aromatic heterocycles. The maximum absolute atomic E-state index is 13.3. The van der Waals surface area contributed by atoms with E-state index in [1.165, 1.54) is 0 Å². The molecule has 1 unspecified atom stereocenters. The summed E-state index contributed by atoms with van der Waals surface area (Å²) in [5, 5.41) is 3.49. The summed E-state index contributed by atoms with van der Waals surface area (Å²) in [6.45, 7) is 5.96. The summed E-state index contributed by atoms with van der Waals surface area (Å²) >= 11 is 0. The van der Waals surface area contributed by atoms with Gasteiger partial charge in [0.2, 0.25) is 5.91 Å². The first-order valence-corrected chi connectivity index (χ1v) is 10.2. The second-order valence-electron chi connectivity index (χ2n) is 8.79. The number of hydrogen-bond donors (Lipinski definition) is 1. The van der Waals surface area contributed by atoms with Crippen LogP contribution in [0.5, 0.6) is 0 Å². The van der Waals surface area contributed by atoms with Gasteiger partial charge in [-0.3, -0.25) is 19.1 Å². The van der Waals surface area contributed by atoms with Crippen LogP contribution in [0, 0.1) is 0 Å². The lowest BCUT2D eigenvalue weighted by Gasteiger charge is -2.62. The molecule has 1 aromatic carbocycles. The van der Waals surface area contributed by atoms with Crippen molar-refractivity contribution in [3.05, 3.63) is 34.4 Å². The third kappa shape index (κ3) is 2.80. The van der Waals surface area contributed by atoms with Crippen molar-refractivity contribution >= 4 is 22.5 Å². The van der Waals surface area contributed by atoms with E-state index in [9.17, 15) is 9.59 Å². The van der Waals surface area contributed by atoms with E-state index in [0.29, 0.717) is 23.4 Å². The fourth-order valence-electron chi connectivity index (χ4n) is 4.49. The van der Waals surface area contributed by atoms with Crippen LogP contribution in [0.25, 0.3) is 10.9 Å². The van der Waals surface area contributed by atoms with Gasteiger partial charge in [0, 0.05) is 36.8 Å². The van der Waals surface area contributed by atoms with Crippen LogP contribution in [-0.2, 0) is 11.3 Å². The van der Waals surface area contributed by atoms with Crippen LogP contribution < -0.4 is 15.8 Å². The molecule has 0 spiro atoms. The predicted molar refractivity (Wildman–Crippen MR) is 109 cm³/mol. The topological polar surface area (TPSA) is 70.5 Å². The second-order valence-corrected chi connectivity index (χ2v) is 8.79. The standard InChI is InChI=1S/C21H27N5O2/c1-12(2)22-19(27)11-26-20(13-4-5-13)23-16-7-6-14(8-15(16)21(26)28)25-10-17-18(25)9-24(17)3/h6-8,12-13,17-18H,4-5,9-11H2,1-3H3,(H,22,27)/t17-,18?/m1/s1. The van der Waals surface area contributed by atoms with E-state index in [-0.39, 0.29) is 24.1 Å². The molecule has 2 aliphatic heterocycles. The van der Waals surface area contributed by atoms with Gasteiger partial charge < -0.3 is 10.2 Å². The smallest absolute Gasteiger partial charge is 0.261 e. The molecule has 0 radical (unpaired) electrons. The molecule has 0 bridgehead atoms. The van der Waals surface area contributed by atoms with Crippen molar-refractivity contribution in [3.63, 3.8) is 0 Å². The van der Waals surface area contributed by atoms with Crippen LogP contribution in [0.15, 0.2) is 23.0 Å². The van der Waals surface area contributed by atoms with E-state index in [1.54, 1.807) is 4.57 Å². The number of rotatable bonds is 5. The zero-order valence-corrected chi connectivity index (χ0v) is 16.7. The van der Waals surface area contributed by atoms with Gasteiger partial charge in [-0.05, 0) is 51.9 Å². The number of anilines is 1. The van der Waals surface area contributed by atoms with Crippen molar-refractivity contribution in [1.29, 1.82) is 0 Å². The number of amides is 1. The molecule has 28 heavy (non-hydrogen) atoms. The average Bonchev–Trinajstić information content (AvgIpc) is 3.46. The lowest BCUT2D eigenvalue weighted by molar-refractivity contribution is -0.122. The van der Waals surface area contributed by atoms with Crippen LogP contribution in [0.4, 0.5) is 5.69 Å². The Labute approximate surface area is 164 Å². The molecule has 1 amide bonds. The molecule has 7 heteroatoms. The maximum atomic E-state index is 13.3. The molecule has 1 aliphatic carbocycles. The average molecular weight is 381 g/mol. The van der Waals surface area contributed by atoms with Crippen molar-refractivity contribution in [3.8, 4) is 0 Å². The van der Waals surface area contributed by atoms with Gasteiger partial charge in [-0.1, -0.05) is 0 Å². The Morgan fingerprint density at radius 2 is 2.04 bits per heavy atom. The summed E-state index contributed by atoms with van der Waals surface area (Å²) in [7, 11) is 2.16. The Kier molecular flexibility index (Phi) is 3.98. The first kappa shape index (κ1) is 17.7. The zero-order valence-electron chi connectivity index (χ0n) is 16.7. The van der Waals surface area contributed by atoms with Crippen molar-refractivity contribution in [2.45, 2.75) is 57.3 Å². The Morgan fingerprint density at radius 1 is 1.25 bits per heavy atom. The van der Waals surface area contributed by atoms with Gasteiger partial charge in [-0.2, -0.15) is 0 Å². The Balaban J connectivity index is 1.52. The lowest BCUT2D eigenvalue weighted by atomic mass is 9.85. The minimum Gasteiger partial charge on any atom is -0.364 e. The molecule has 2 aromatic rings. The molecule has 3 fully saturated rings. The molecule has 2 saturated heterocycles. The largest absolute Gasteiger partial charge is 0.364 e. The van der Waals surface area contributed by atoms with Crippen LogP contribution in [0.1, 0.15) is 38.4 Å². The van der Waals surface area contributed by atoms with Gasteiger partial charge in [-0.15, -0.1) is 0 Å². The van der Waals surface area contributed by atoms with Crippen molar-refractivity contribution in [2.24, 2.45) is 0 Å². The summed E-state index contributed by atoms with van der Waals surface area (Å²) in [5.74, 6) is 0.915. The number of carbonyl (C=O) groups excluding carboxylic acids is 1. The van der Waals surface area contributed by atoms with E-state index < -0.39 is 0 Å².